The maximum absolute atomic E-state index is 9.32. The summed E-state index contributed by atoms with van der Waals surface area (Å²) in [7, 11) is 1.60. The quantitative estimate of drug-likeness (QED) is 0.615. The summed E-state index contributed by atoms with van der Waals surface area (Å²) in [5.41, 5.74) is 2.78. The van der Waals surface area contributed by atoms with Crippen molar-refractivity contribution in [3.8, 4) is 17.9 Å². The van der Waals surface area contributed by atoms with Crippen molar-refractivity contribution in [2.75, 3.05) is 7.11 Å². The van der Waals surface area contributed by atoms with Gasteiger partial charge < -0.3 is 4.74 Å². The zero-order valence-electron chi connectivity index (χ0n) is 11.3. The molecular weight excluding hydrogens is 328 g/mol. The van der Waals surface area contributed by atoms with Crippen LogP contribution in [0.1, 0.15) is 16.7 Å². The summed E-state index contributed by atoms with van der Waals surface area (Å²) < 4.78 is 6.01. The molecule has 2 rings (SSSR count). The lowest BCUT2D eigenvalue weighted by molar-refractivity contribution is 0.412. The van der Waals surface area contributed by atoms with E-state index in [0.29, 0.717) is 11.1 Å². The van der Waals surface area contributed by atoms with Crippen molar-refractivity contribution >= 4 is 27.6 Å². The number of nitriles is 2. The van der Waals surface area contributed by atoms with Gasteiger partial charge in [0.1, 0.15) is 5.75 Å². The largest absolute Gasteiger partial charge is 0.496 e. The van der Waals surface area contributed by atoms with Crippen LogP contribution >= 0.6 is 15.9 Å². The summed E-state index contributed by atoms with van der Waals surface area (Å²) in [5.74, 6) is 0.740. The number of hydrogen-bond donors (Lipinski definition) is 0. The summed E-state index contributed by atoms with van der Waals surface area (Å²) >= 11 is 3.42. The molecule has 21 heavy (non-hydrogen) atoms. The van der Waals surface area contributed by atoms with Gasteiger partial charge >= 0.3 is 0 Å². The zero-order chi connectivity index (χ0) is 15.2. The average Bonchev–Trinajstić information content (AvgIpc) is 2.53. The normalized spacial score (nSPS) is 10.6. The van der Waals surface area contributed by atoms with Crippen LogP contribution in [0.15, 0.2) is 46.9 Å². The predicted octanol–water partition coefficient (Wildman–Crippen LogP) is 4.39. The molecule has 0 bridgehead atoms. The van der Waals surface area contributed by atoms with E-state index in [1.165, 1.54) is 0 Å². The van der Waals surface area contributed by atoms with Crippen molar-refractivity contribution in [1.82, 2.24) is 0 Å². The van der Waals surface area contributed by atoms with Crippen molar-refractivity contribution in [3.05, 3.63) is 63.6 Å². The standard InChI is InChI=1S/C17H11BrN2O/c1-21-17-7-4-13(9-16(17)18)8-15(11-20)14-5-2-12(10-19)3-6-14/h2-9H,1H3/b15-8+. The van der Waals surface area contributed by atoms with Crippen LogP contribution < -0.4 is 4.74 Å². The fourth-order valence-electron chi connectivity index (χ4n) is 1.84. The van der Waals surface area contributed by atoms with E-state index in [2.05, 4.69) is 28.1 Å². The Labute approximate surface area is 131 Å². The number of allylic oxidation sites excluding steroid dienone is 1. The van der Waals surface area contributed by atoms with Gasteiger partial charge in [0.15, 0.2) is 0 Å². The van der Waals surface area contributed by atoms with E-state index in [0.717, 1.165) is 21.3 Å². The first-order valence-corrected chi connectivity index (χ1v) is 6.93. The summed E-state index contributed by atoms with van der Waals surface area (Å²) in [5, 5.41) is 18.1. The van der Waals surface area contributed by atoms with Gasteiger partial charge in [-0.05, 0) is 57.4 Å². The number of benzene rings is 2. The van der Waals surface area contributed by atoms with Gasteiger partial charge in [0.2, 0.25) is 0 Å². The number of halogens is 1. The van der Waals surface area contributed by atoms with Crippen LogP contribution in [0.4, 0.5) is 0 Å². The van der Waals surface area contributed by atoms with E-state index in [-0.39, 0.29) is 0 Å². The van der Waals surface area contributed by atoms with Crippen LogP contribution in [-0.2, 0) is 0 Å². The van der Waals surface area contributed by atoms with E-state index >= 15 is 0 Å². The number of methoxy groups -OCH3 is 1. The van der Waals surface area contributed by atoms with Gasteiger partial charge in [-0.3, -0.25) is 0 Å². The molecule has 0 aliphatic heterocycles. The Balaban J connectivity index is 2.38. The molecule has 0 aromatic heterocycles. The summed E-state index contributed by atoms with van der Waals surface area (Å²) in [6.45, 7) is 0. The van der Waals surface area contributed by atoms with Crippen LogP contribution in [0, 0.1) is 22.7 Å². The molecule has 0 radical (unpaired) electrons. The number of nitrogens with zero attached hydrogens (tertiary/aromatic N) is 2. The lowest BCUT2D eigenvalue weighted by Gasteiger charge is -2.04. The molecule has 0 saturated heterocycles. The van der Waals surface area contributed by atoms with Crippen LogP contribution in [0.25, 0.3) is 11.6 Å². The van der Waals surface area contributed by atoms with Gasteiger partial charge in [-0.25, -0.2) is 0 Å². The third-order valence-electron chi connectivity index (χ3n) is 2.93. The Hall–Kier alpha value is -2.56. The molecule has 4 heteroatoms. The predicted molar refractivity (Wildman–Crippen MR) is 85.3 cm³/mol. The van der Waals surface area contributed by atoms with Gasteiger partial charge in [0.05, 0.1) is 34.9 Å². The van der Waals surface area contributed by atoms with Crippen molar-refractivity contribution < 1.29 is 4.74 Å². The number of hydrogen-bond acceptors (Lipinski definition) is 3. The third kappa shape index (κ3) is 3.51. The fraction of sp³-hybridized carbons (Fsp3) is 0.0588. The molecule has 0 saturated carbocycles. The highest BCUT2D eigenvalue weighted by Crippen LogP contribution is 2.27. The Bertz CT molecular complexity index is 765. The second kappa shape index (κ2) is 6.74. The van der Waals surface area contributed by atoms with Crippen molar-refractivity contribution in [3.63, 3.8) is 0 Å². The second-order valence-corrected chi connectivity index (χ2v) is 5.11. The number of ether oxygens (including phenoxy) is 1. The summed E-state index contributed by atoms with van der Waals surface area (Å²) in [6.07, 6.45) is 1.80. The van der Waals surface area contributed by atoms with Crippen LogP contribution in [0.2, 0.25) is 0 Å². The molecule has 0 aliphatic rings. The first-order valence-electron chi connectivity index (χ1n) is 6.14. The van der Waals surface area contributed by atoms with E-state index in [4.69, 9.17) is 10.00 Å². The molecule has 0 spiro atoms. The molecule has 0 heterocycles. The van der Waals surface area contributed by atoms with Gasteiger partial charge in [-0.1, -0.05) is 18.2 Å². The highest BCUT2D eigenvalue weighted by molar-refractivity contribution is 9.10. The highest BCUT2D eigenvalue weighted by atomic mass is 79.9. The SMILES string of the molecule is COc1ccc(/C=C(\C#N)c2ccc(C#N)cc2)cc1Br. The highest BCUT2D eigenvalue weighted by Gasteiger charge is 2.04. The molecule has 0 fully saturated rings. The Morgan fingerprint density at radius 1 is 1.14 bits per heavy atom. The minimum absolute atomic E-state index is 0.538. The molecule has 102 valence electrons. The molecule has 0 aliphatic carbocycles. The summed E-state index contributed by atoms with van der Waals surface area (Å²) in [4.78, 5) is 0. The lowest BCUT2D eigenvalue weighted by Crippen LogP contribution is -1.86. The third-order valence-corrected chi connectivity index (χ3v) is 3.55. The van der Waals surface area contributed by atoms with Gasteiger partial charge in [0, 0.05) is 0 Å². The van der Waals surface area contributed by atoms with Crippen molar-refractivity contribution in [2.45, 2.75) is 0 Å². The molecule has 0 amide bonds. The topological polar surface area (TPSA) is 56.8 Å². The van der Waals surface area contributed by atoms with Crippen LogP contribution in [-0.4, -0.2) is 7.11 Å². The molecule has 2 aromatic carbocycles. The molecule has 0 unspecified atom stereocenters. The van der Waals surface area contributed by atoms with E-state index in [1.54, 1.807) is 37.5 Å². The molecule has 0 atom stereocenters. The molecule has 0 N–H and O–H groups in total. The zero-order valence-corrected chi connectivity index (χ0v) is 12.9. The Morgan fingerprint density at radius 3 is 2.38 bits per heavy atom. The minimum Gasteiger partial charge on any atom is -0.496 e. The molecule has 3 nitrogen and oxygen atoms in total. The van der Waals surface area contributed by atoms with Gasteiger partial charge in [-0.2, -0.15) is 10.5 Å². The van der Waals surface area contributed by atoms with Gasteiger partial charge in [0.25, 0.3) is 0 Å². The van der Waals surface area contributed by atoms with Crippen LogP contribution in [0.5, 0.6) is 5.75 Å². The maximum atomic E-state index is 9.32. The Kier molecular flexibility index (Phi) is 4.77. The second-order valence-electron chi connectivity index (χ2n) is 4.25. The molecular formula is C17H11BrN2O. The van der Waals surface area contributed by atoms with E-state index in [1.807, 2.05) is 18.2 Å². The number of rotatable bonds is 3. The van der Waals surface area contributed by atoms with Crippen molar-refractivity contribution in [2.24, 2.45) is 0 Å². The first kappa shape index (κ1) is 14.8. The monoisotopic (exact) mass is 338 g/mol. The lowest BCUT2D eigenvalue weighted by atomic mass is 10.0. The van der Waals surface area contributed by atoms with Crippen molar-refractivity contribution in [1.29, 1.82) is 10.5 Å². The minimum atomic E-state index is 0.538. The van der Waals surface area contributed by atoms with E-state index < -0.39 is 0 Å². The van der Waals surface area contributed by atoms with Gasteiger partial charge in [-0.15, -0.1) is 0 Å². The van der Waals surface area contributed by atoms with E-state index in [9.17, 15) is 5.26 Å². The molecule has 2 aromatic rings. The maximum Gasteiger partial charge on any atom is 0.133 e. The smallest absolute Gasteiger partial charge is 0.133 e. The first-order chi connectivity index (χ1) is 10.2. The average molecular weight is 339 g/mol. The fourth-order valence-corrected chi connectivity index (χ4v) is 2.40. The Morgan fingerprint density at radius 2 is 1.86 bits per heavy atom. The summed E-state index contributed by atoms with van der Waals surface area (Å²) in [6, 6.07) is 16.8. The van der Waals surface area contributed by atoms with Crippen LogP contribution in [0.3, 0.4) is 0 Å².